The average molecular weight is 547 g/mol. The highest BCUT2D eigenvalue weighted by atomic mass is 16.6. The van der Waals surface area contributed by atoms with Crippen LogP contribution in [0.15, 0.2) is 11.1 Å². The second-order valence-electron chi connectivity index (χ2n) is 13.8. The summed E-state index contributed by atoms with van der Waals surface area (Å²) >= 11 is 0. The number of fused-ring (bicyclic) bond motifs is 4. The van der Waals surface area contributed by atoms with Crippen LogP contribution < -0.4 is 0 Å². The number of ketones is 1. The van der Waals surface area contributed by atoms with E-state index in [4.69, 9.17) is 14.2 Å². The summed E-state index contributed by atoms with van der Waals surface area (Å²) in [5, 5.41) is 37.6. The Morgan fingerprint density at radius 2 is 1.85 bits per heavy atom. The molecule has 10 atom stereocenters. The van der Waals surface area contributed by atoms with E-state index in [9.17, 15) is 29.7 Å². The number of carbonyl (C=O) groups excluding carboxylic acids is 3. The van der Waals surface area contributed by atoms with Crippen LogP contribution in [0.3, 0.4) is 0 Å². The van der Waals surface area contributed by atoms with Crippen LogP contribution in [-0.4, -0.2) is 74.3 Å². The van der Waals surface area contributed by atoms with Gasteiger partial charge in [-0.3, -0.25) is 9.59 Å². The third-order valence-electron chi connectivity index (χ3n) is 12.6. The summed E-state index contributed by atoms with van der Waals surface area (Å²) in [7, 11) is 0. The van der Waals surface area contributed by atoms with Gasteiger partial charge in [0, 0.05) is 25.3 Å². The highest BCUT2D eigenvalue weighted by Crippen LogP contribution is 2.75. The maximum absolute atomic E-state index is 13.5. The SMILES string of the molecule is CC(=O)OCC12CCC3C(CC4OC45CCCC(=O)C35C)C1(O)CCC2(O)C(C)(O)C1CC(C)=C(C)C(=O)O1. The Kier molecular flexibility index (Phi) is 5.71. The topological polar surface area (TPSA) is 143 Å². The van der Waals surface area contributed by atoms with Gasteiger partial charge in [-0.15, -0.1) is 0 Å². The number of epoxide rings is 1. The van der Waals surface area contributed by atoms with Gasteiger partial charge in [-0.1, -0.05) is 5.57 Å². The minimum atomic E-state index is -1.96. The van der Waals surface area contributed by atoms with Gasteiger partial charge in [-0.25, -0.2) is 4.79 Å². The fourth-order valence-electron chi connectivity index (χ4n) is 10.0. The van der Waals surface area contributed by atoms with Crippen molar-refractivity contribution in [2.45, 2.75) is 127 Å². The molecular formula is C30H42O9. The van der Waals surface area contributed by atoms with Crippen molar-refractivity contribution >= 4 is 17.7 Å². The predicted molar refractivity (Wildman–Crippen MR) is 137 cm³/mol. The van der Waals surface area contributed by atoms with Crippen LogP contribution in [-0.2, 0) is 28.6 Å². The van der Waals surface area contributed by atoms with Crippen LogP contribution in [0.1, 0.15) is 92.4 Å². The number of ether oxygens (including phenoxy) is 3. The highest BCUT2D eigenvalue weighted by Gasteiger charge is 2.84. The smallest absolute Gasteiger partial charge is 0.334 e. The number of carbonyl (C=O) groups is 3. The molecular weight excluding hydrogens is 504 g/mol. The molecule has 3 N–H and O–H groups in total. The summed E-state index contributed by atoms with van der Waals surface area (Å²) in [5.41, 5.74) is -6.84. The van der Waals surface area contributed by atoms with Crippen molar-refractivity contribution in [3.8, 4) is 0 Å². The van der Waals surface area contributed by atoms with Gasteiger partial charge in [-0.05, 0) is 84.5 Å². The van der Waals surface area contributed by atoms with E-state index in [-0.39, 0.29) is 50.1 Å². The summed E-state index contributed by atoms with van der Waals surface area (Å²) in [4.78, 5) is 38.2. The molecule has 1 spiro atoms. The summed E-state index contributed by atoms with van der Waals surface area (Å²) in [5.74, 6) is -1.47. The zero-order chi connectivity index (χ0) is 28.4. The second kappa shape index (κ2) is 8.14. The van der Waals surface area contributed by atoms with Crippen LogP contribution in [0, 0.1) is 22.7 Å². The normalized spacial score (nSPS) is 50.2. The molecule has 4 aliphatic carbocycles. The van der Waals surface area contributed by atoms with Gasteiger partial charge in [-0.2, -0.15) is 0 Å². The average Bonchev–Trinajstić information content (AvgIpc) is 3.52. The Morgan fingerprint density at radius 1 is 1.13 bits per heavy atom. The third kappa shape index (κ3) is 3.08. The van der Waals surface area contributed by atoms with E-state index in [0.29, 0.717) is 24.8 Å². The maximum Gasteiger partial charge on any atom is 0.334 e. The zero-order valence-corrected chi connectivity index (χ0v) is 23.7. The van der Waals surface area contributed by atoms with Crippen LogP contribution >= 0.6 is 0 Å². The van der Waals surface area contributed by atoms with Crippen molar-refractivity contribution in [3.05, 3.63) is 11.1 Å². The van der Waals surface area contributed by atoms with Crippen molar-refractivity contribution in [2.24, 2.45) is 22.7 Å². The van der Waals surface area contributed by atoms with Crippen LogP contribution in [0.5, 0.6) is 0 Å². The van der Waals surface area contributed by atoms with Gasteiger partial charge >= 0.3 is 11.9 Å². The first-order valence-corrected chi connectivity index (χ1v) is 14.5. The minimum Gasteiger partial charge on any atom is -0.465 e. The third-order valence-corrected chi connectivity index (χ3v) is 12.6. The number of esters is 2. The van der Waals surface area contributed by atoms with Crippen LogP contribution in [0.25, 0.3) is 0 Å². The molecule has 6 rings (SSSR count). The van der Waals surface area contributed by atoms with Crippen molar-refractivity contribution in [1.29, 1.82) is 0 Å². The van der Waals surface area contributed by atoms with Crippen molar-refractivity contribution in [2.75, 3.05) is 6.61 Å². The monoisotopic (exact) mass is 546 g/mol. The van der Waals surface area contributed by atoms with Gasteiger partial charge in [0.1, 0.15) is 35.3 Å². The molecule has 0 amide bonds. The fourth-order valence-corrected chi connectivity index (χ4v) is 10.0. The first-order chi connectivity index (χ1) is 18.1. The Morgan fingerprint density at radius 3 is 2.51 bits per heavy atom. The molecule has 0 aromatic heterocycles. The molecule has 9 heteroatoms. The number of hydrogen-bond acceptors (Lipinski definition) is 9. The van der Waals surface area contributed by atoms with Gasteiger partial charge in [0.05, 0.1) is 22.5 Å². The lowest BCUT2D eigenvalue weighted by atomic mass is 9.41. The van der Waals surface area contributed by atoms with Gasteiger partial charge < -0.3 is 29.5 Å². The van der Waals surface area contributed by atoms with Gasteiger partial charge in [0.25, 0.3) is 0 Å². The number of aliphatic hydroxyl groups is 3. The van der Waals surface area contributed by atoms with Crippen molar-refractivity contribution in [3.63, 3.8) is 0 Å². The second-order valence-corrected chi connectivity index (χ2v) is 13.8. The Bertz CT molecular complexity index is 1170. The molecule has 9 nitrogen and oxygen atoms in total. The minimum absolute atomic E-state index is 0.0259. The Labute approximate surface area is 229 Å². The molecule has 216 valence electrons. The molecule has 4 saturated carbocycles. The summed E-state index contributed by atoms with van der Waals surface area (Å²) in [6.45, 7) is 7.94. The van der Waals surface area contributed by atoms with E-state index in [1.807, 2.05) is 6.92 Å². The summed E-state index contributed by atoms with van der Waals surface area (Å²) < 4.78 is 17.6. The number of rotatable bonds is 4. The molecule has 0 radical (unpaired) electrons. The van der Waals surface area contributed by atoms with E-state index in [1.165, 1.54) is 13.8 Å². The van der Waals surface area contributed by atoms with E-state index >= 15 is 0 Å². The molecule has 10 unspecified atom stereocenters. The van der Waals surface area contributed by atoms with E-state index in [1.54, 1.807) is 13.8 Å². The van der Waals surface area contributed by atoms with E-state index in [0.717, 1.165) is 18.4 Å². The molecule has 0 aromatic carbocycles. The largest absolute Gasteiger partial charge is 0.465 e. The molecule has 2 aliphatic heterocycles. The zero-order valence-electron chi connectivity index (χ0n) is 23.7. The fraction of sp³-hybridized carbons (Fsp3) is 0.833. The lowest BCUT2D eigenvalue weighted by molar-refractivity contribution is -0.297. The quantitative estimate of drug-likeness (QED) is 0.358. The van der Waals surface area contributed by atoms with Crippen LogP contribution in [0.2, 0.25) is 0 Å². The molecule has 0 aromatic rings. The standard InChI is InChI=1S/C30H42O9/c1-16-13-22(38-24(33)17(16)2)26(5,34)30(36)12-11-28(35)20-14-23-29(39-23)9-6-7-21(32)25(29,4)19(20)8-10-27(28,30)15-37-18(3)31/h19-20,22-23,34-36H,6-15H2,1-5H3. The van der Waals surface area contributed by atoms with Gasteiger partial charge in [0.2, 0.25) is 0 Å². The Hall–Kier alpha value is -1.81. The number of hydrogen-bond donors (Lipinski definition) is 3. The molecule has 0 bridgehead atoms. The van der Waals surface area contributed by atoms with Crippen molar-refractivity contribution in [1.82, 2.24) is 0 Å². The first kappa shape index (κ1) is 27.4. The predicted octanol–water partition coefficient (Wildman–Crippen LogP) is 2.52. The lowest BCUT2D eigenvalue weighted by Crippen LogP contribution is -2.75. The van der Waals surface area contributed by atoms with Crippen molar-refractivity contribution < 1.29 is 43.9 Å². The summed E-state index contributed by atoms with van der Waals surface area (Å²) in [6, 6.07) is 0. The summed E-state index contributed by atoms with van der Waals surface area (Å²) in [6.07, 6.45) is 2.65. The Balaban J connectivity index is 1.44. The molecule has 1 saturated heterocycles. The molecule has 39 heavy (non-hydrogen) atoms. The van der Waals surface area contributed by atoms with Gasteiger partial charge in [0.15, 0.2) is 0 Å². The number of Topliss-reactive ketones (excluding diaryl/α,β-unsaturated/α-hetero) is 1. The molecule has 5 fully saturated rings. The van der Waals surface area contributed by atoms with E-state index < -0.39 is 57.2 Å². The van der Waals surface area contributed by atoms with E-state index in [2.05, 4.69) is 0 Å². The number of cyclic esters (lactones) is 1. The molecule has 2 heterocycles. The first-order valence-electron chi connectivity index (χ1n) is 14.5. The maximum atomic E-state index is 13.5. The molecule has 6 aliphatic rings. The van der Waals surface area contributed by atoms with Crippen LogP contribution in [0.4, 0.5) is 0 Å². The highest BCUT2D eigenvalue weighted by molar-refractivity contribution is 5.90. The lowest BCUT2D eigenvalue weighted by Gasteiger charge is -2.64.